The van der Waals surface area contributed by atoms with Gasteiger partial charge < -0.3 is 15.5 Å². The van der Waals surface area contributed by atoms with Crippen LogP contribution in [0.25, 0.3) is 0 Å². The Morgan fingerprint density at radius 1 is 1.52 bits per heavy atom. The molecule has 1 fully saturated rings. The van der Waals surface area contributed by atoms with Crippen LogP contribution in [0.2, 0.25) is 0 Å². The first-order valence-corrected chi connectivity index (χ1v) is 7.54. The summed E-state index contributed by atoms with van der Waals surface area (Å²) < 4.78 is 14.1. The largest absolute Gasteiger partial charge is 0.368 e. The van der Waals surface area contributed by atoms with E-state index in [1.165, 1.54) is 12.3 Å². The summed E-state index contributed by atoms with van der Waals surface area (Å²) in [7, 11) is 0. The number of halogens is 1. The molecular formula is C15H23FN4O. The van der Waals surface area contributed by atoms with Crippen LogP contribution in [0.1, 0.15) is 30.6 Å². The van der Waals surface area contributed by atoms with Gasteiger partial charge in [-0.25, -0.2) is 9.37 Å². The second-order valence-electron chi connectivity index (χ2n) is 5.31. The maximum atomic E-state index is 14.1. The van der Waals surface area contributed by atoms with Crippen molar-refractivity contribution in [3.63, 3.8) is 0 Å². The molecule has 0 bridgehead atoms. The molecular weight excluding hydrogens is 271 g/mol. The normalized spacial score (nSPS) is 18.7. The van der Waals surface area contributed by atoms with Gasteiger partial charge in [-0.15, -0.1) is 0 Å². The van der Waals surface area contributed by atoms with Crippen molar-refractivity contribution in [2.45, 2.75) is 20.3 Å². The third kappa shape index (κ3) is 3.91. The standard InChI is InChI=1S/C15H23FN4O/c1-3-17-14-13(16)12(5-7-18-14)15(21)19-9-11-6-8-20(4-2)10-11/h5,7,11H,3-4,6,8-10H2,1-2H3,(H,17,18)(H,19,21). The smallest absolute Gasteiger partial charge is 0.254 e. The number of hydrogen-bond donors (Lipinski definition) is 2. The van der Waals surface area contributed by atoms with Crippen LogP contribution in [0.3, 0.4) is 0 Å². The van der Waals surface area contributed by atoms with Crippen molar-refractivity contribution in [3.8, 4) is 0 Å². The molecule has 0 spiro atoms. The summed E-state index contributed by atoms with van der Waals surface area (Å²) in [6.45, 7) is 8.25. The van der Waals surface area contributed by atoms with Crippen molar-refractivity contribution in [2.24, 2.45) is 5.92 Å². The molecule has 1 amide bonds. The molecule has 1 saturated heterocycles. The van der Waals surface area contributed by atoms with Gasteiger partial charge in [0.25, 0.3) is 5.91 Å². The Bertz CT molecular complexity index is 495. The zero-order chi connectivity index (χ0) is 15.2. The molecule has 1 aromatic rings. The summed E-state index contributed by atoms with van der Waals surface area (Å²) in [5.74, 6) is -0.377. The lowest BCUT2D eigenvalue weighted by molar-refractivity contribution is 0.0943. The first kappa shape index (κ1) is 15.7. The maximum Gasteiger partial charge on any atom is 0.254 e. The molecule has 1 atom stereocenters. The van der Waals surface area contributed by atoms with Crippen LogP contribution < -0.4 is 10.6 Å². The summed E-state index contributed by atoms with van der Waals surface area (Å²) in [6.07, 6.45) is 2.53. The van der Waals surface area contributed by atoms with Gasteiger partial charge in [0.05, 0.1) is 5.56 Å². The third-order valence-corrected chi connectivity index (χ3v) is 3.85. The molecule has 21 heavy (non-hydrogen) atoms. The van der Waals surface area contributed by atoms with Crippen molar-refractivity contribution in [3.05, 3.63) is 23.6 Å². The zero-order valence-corrected chi connectivity index (χ0v) is 12.7. The molecule has 0 aromatic carbocycles. The fourth-order valence-corrected chi connectivity index (χ4v) is 2.61. The summed E-state index contributed by atoms with van der Waals surface area (Å²) in [6, 6.07) is 1.42. The Hall–Kier alpha value is -1.69. The highest BCUT2D eigenvalue weighted by Gasteiger charge is 2.22. The van der Waals surface area contributed by atoms with E-state index in [0.29, 0.717) is 19.0 Å². The quantitative estimate of drug-likeness (QED) is 0.839. The highest BCUT2D eigenvalue weighted by Crippen LogP contribution is 2.17. The fourth-order valence-electron chi connectivity index (χ4n) is 2.61. The highest BCUT2D eigenvalue weighted by atomic mass is 19.1. The molecule has 2 heterocycles. The monoisotopic (exact) mass is 294 g/mol. The SMILES string of the molecule is CCNc1nccc(C(=O)NCC2CCN(CC)C2)c1F. The lowest BCUT2D eigenvalue weighted by atomic mass is 10.1. The number of likely N-dealkylation sites (tertiary alicyclic amines) is 1. The molecule has 0 saturated carbocycles. The topological polar surface area (TPSA) is 57.3 Å². The Kier molecular flexibility index (Phi) is 5.50. The second kappa shape index (κ2) is 7.36. The third-order valence-electron chi connectivity index (χ3n) is 3.85. The van der Waals surface area contributed by atoms with Crippen molar-refractivity contribution >= 4 is 11.7 Å². The van der Waals surface area contributed by atoms with E-state index in [-0.39, 0.29) is 17.3 Å². The summed E-state index contributed by atoms with van der Waals surface area (Å²) >= 11 is 0. The number of anilines is 1. The first-order valence-electron chi connectivity index (χ1n) is 7.54. The molecule has 2 N–H and O–H groups in total. The van der Waals surface area contributed by atoms with Crippen molar-refractivity contribution in [1.82, 2.24) is 15.2 Å². The molecule has 5 nitrogen and oxygen atoms in total. The highest BCUT2D eigenvalue weighted by molar-refractivity contribution is 5.95. The number of nitrogens with one attached hydrogen (secondary N) is 2. The summed E-state index contributed by atoms with van der Waals surface area (Å²) in [4.78, 5) is 18.4. The van der Waals surface area contributed by atoms with Gasteiger partial charge >= 0.3 is 0 Å². The molecule has 1 aliphatic heterocycles. The van der Waals surface area contributed by atoms with Gasteiger partial charge in [-0.05, 0) is 38.4 Å². The zero-order valence-electron chi connectivity index (χ0n) is 12.7. The van der Waals surface area contributed by atoms with Crippen LogP contribution in [0.15, 0.2) is 12.3 Å². The number of amides is 1. The molecule has 1 unspecified atom stereocenters. The first-order chi connectivity index (χ1) is 10.2. The molecule has 0 radical (unpaired) electrons. The molecule has 1 aliphatic rings. The molecule has 6 heteroatoms. The maximum absolute atomic E-state index is 14.1. The molecule has 2 rings (SSSR count). The number of pyridine rings is 1. The van der Waals surface area contributed by atoms with E-state index in [2.05, 4.69) is 27.4 Å². The Morgan fingerprint density at radius 3 is 3.00 bits per heavy atom. The summed E-state index contributed by atoms with van der Waals surface area (Å²) in [5.41, 5.74) is 0.0475. The van der Waals surface area contributed by atoms with E-state index in [1.54, 1.807) is 0 Å². The van der Waals surface area contributed by atoms with Crippen molar-refractivity contribution in [2.75, 3.05) is 38.0 Å². The van der Waals surface area contributed by atoms with Gasteiger partial charge in [0.15, 0.2) is 11.6 Å². The van der Waals surface area contributed by atoms with E-state index in [0.717, 1.165) is 26.1 Å². The predicted molar refractivity (Wildman–Crippen MR) is 80.9 cm³/mol. The number of nitrogens with zero attached hydrogens (tertiary/aromatic N) is 2. The molecule has 0 aliphatic carbocycles. The molecule has 116 valence electrons. The van der Waals surface area contributed by atoms with Crippen LogP contribution in [0.4, 0.5) is 10.2 Å². The lowest BCUT2D eigenvalue weighted by Crippen LogP contribution is -2.31. The van der Waals surface area contributed by atoms with Crippen LogP contribution in [0, 0.1) is 11.7 Å². The number of aromatic nitrogens is 1. The van der Waals surface area contributed by atoms with Gasteiger partial charge in [-0.3, -0.25) is 4.79 Å². The molecule has 1 aromatic heterocycles. The number of carbonyl (C=O) groups excluding carboxylic acids is 1. The predicted octanol–water partition coefficient (Wildman–Crippen LogP) is 1.72. The van der Waals surface area contributed by atoms with Gasteiger partial charge in [0.2, 0.25) is 0 Å². The van der Waals surface area contributed by atoms with E-state index < -0.39 is 5.82 Å². The second-order valence-corrected chi connectivity index (χ2v) is 5.31. The Labute approximate surface area is 124 Å². The minimum atomic E-state index is -0.585. The van der Waals surface area contributed by atoms with Gasteiger partial charge in [-0.1, -0.05) is 6.92 Å². The van der Waals surface area contributed by atoms with Crippen LogP contribution in [-0.4, -0.2) is 48.5 Å². The van der Waals surface area contributed by atoms with Gasteiger partial charge in [0, 0.05) is 25.8 Å². The minimum absolute atomic E-state index is 0.0475. The lowest BCUT2D eigenvalue weighted by Gasteiger charge is -2.14. The van der Waals surface area contributed by atoms with E-state index in [9.17, 15) is 9.18 Å². The Balaban J connectivity index is 1.93. The van der Waals surface area contributed by atoms with E-state index in [4.69, 9.17) is 0 Å². The average molecular weight is 294 g/mol. The van der Waals surface area contributed by atoms with Gasteiger partial charge in [-0.2, -0.15) is 0 Å². The minimum Gasteiger partial charge on any atom is -0.368 e. The van der Waals surface area contributed by atoms with E-state index >= 15 is 0 Å². The fraction of sp³-hybridized carbons (Fsp3) is 0.600. The Morgan fingerprint density at radius 2 is 2.33 bits per heavy atom. The van der Waals surface area contributed by atoms with Crippen LogP contribution in [-0.2, 0) is 0 Å². The van der Waals surface area contributed by atoms with Crippen molar-refractivity contribution < 1.29 is 9.18 Å². The number of rotatable bonds is 6. The van der Waals surface area contributed by atoms with Crippen LogP contribution in [0.5, 0.6) is 0 Å². The number of hydrogen-bond acceptors (Lipinski definition) is 4. The van der Waals surface area contributed by atoms with Crippen LogP contribution >= 0.6 is 0 Å². The van der Waals surface area contributed by atoms with Gasteiger partial charge in [0.1, 0.15) is 0 Å². The van der Waals surface area contributed by atoms with E-state index in [1.807, 2.05) is 6.92 Å². The average Bonchev–Trinajstić information content (AvgIpc) is 2.95. The summed E-state index contributed by atoms with van der Waals surface area (Å²) in [5, 5.41) is 5.64. The number of carbonyl (C=O) groups is 1. The van der Waals surface area contributed by atoms with Crippen molar-refractivity contribution in [1.29, 1.82) is 0 Å².